The van der Waals surface area contributed by atoms with Crippen LogP contribution < -0.4 is 0 Å². The Morgan fingerprint density at radius 2 is 1.29 bits per heavy atom. The van der Waals surface area contributed by atoms with Crippen LogP contribution in [0.15, 0.2) is 89.5 Å². The molecule has 1 aliphatic carbocycles. The van der Waals surface area contributed by atoms with Gasteiger partial charge >= 0.3 is 0 Å². The first-order valence-corrected chi connectivity index (χ1v) is 7.08. The number of hydrogen-bond donors (Lipinski definition) is 0. The van der Waals surface area contributed by atoms with Crippen LogP contribution in [0.2, 0.25) is 0 Å². The number of ketones is 1. The smallest absolute Gasteiger partial charge is 0.180 e. The molecular formula is C19H13ClO. The largest absolute Gasteiger partial charge is 0.290 e. The van der Waals surface area contributed by atoms with E-state index in [4.69, 9.17) is 11.6 Å². The Kier molecular flexibility index (Phi) is 3.85. The summed E-state index contributed by atoms with van der Waals surface area (Å²) in [5, 5.41) is 0.477. The Morgan fingerprint density at radius 3 is 1.76 bits per heavy atom. The number of benzene rings is 2. The summed E-state index contributed by atoms with van der Waals surface area (Å²) in [6.45, 7) is 0. The van der Waals surface area contributed by atoms with Crippen LogP contribution in [0.3, 0.4) is 0 Å². The molecule has 102 valence electrons. The highest BCUT2D eigenvalue weighted by Crippen LogP contribution is 2.33. The van der Waals surface area contributed by atoms with Crippen molar-refractivity contribution >= 4 is 23.0 Å². The van der Waals surface area contributed by atoms with Crippen LogP contribution in [0.1, 0.15) is 11.1 Å². The van der Waals surface area contributed by atoms with E-state index in [0.717, 1.165) is 22.3 Å². The molecule has 0 saturated heterocycles. The predicted octanol–water partition coefficient (Wildman–Crippen LogP) is 4.75. The van der Waals surface area contributed by atoms with Crippen LogP contribution in [0, 0.1) is 0 Å². The normalized spacial score (nSPS) is 14.0. The fourth-order valence-corrected chi connectivity index (χ4v) is 2.65. The third-order valence-electron chi connectivity index (χ3n) is 3.33. The molecule has 1 nitrogen and oxygen atoms in total. The van der Waals surface area contributed by atoms with Crippen LogP contribution in [-0.2, 0) is 4.79 Å². The quantitative estimate of drug-likeness (QED) is 0.780. The highest BCUT2D eigenvalue weighted by Gasteiger charge is 2.15. The molecule has 0 spiro atoms. The summed E-state index contributed by atoms with van der Waals surface area (Å²) in [7, 11) is 0. The summed E-state index contributed by atoms with van der Waals surface area (Å²) in [6, 6.07) is 20.1. The summed E-state index contributed by atoms with van der Waals surface area (Å²) in [6.07, 6.45) is 4.80. The second-order valence-electron chi connectivity index (χ2n) is 4.75. The van der Waals surface area contributed by atoms with Gasteiger partial charge in [-0.2, -0.15) is 0 Å². The van der Waals surface area contributed by atoms with Crippen molar-refractivity contribution in [3.05, 3.63) is 101 Å². The van der Waals surface area contributed by atoms with E-state index in [0.29, 0.717) is 5.03 Å². The van der Waals surface area contributed by atoms with Crippen LogP contribution in [0.25, 0.3) is 5.57 Å². The van der Waals surface area contributed by atoms with Gasteiger partial charge in [-0.15, -0.1) is 0 Å². The zero-order chi connectivity index (χ0) is 14.7. The Hall–Kier alpha value is -2.38. The number of hydrogen-bond acceptors (Lipinski definition) is 1. The summed E-state index contributed by atoms with van der Waals surface area (Å²) < 4.78 is 0. The second-order valence-corrected chi connectivity index (χ2v) is 5.16. The molecule has 0 aliphatic heterocycles. The number of carbonyl (C=O) groups excluding carboxylic acids is 1. The second kappa shape index (κ2) is 5.94. The highest BCUT2D eigenvalue weighted by molar-refractivity contribution is 6.35. The van der Waals surface area contributed by atoms with Gasteiger partial charge in [0.25, 0.3) is 0 Å². The maximum absolute atomic E-state index is 11.4. The SMILES string of the molecule is O=C1C=CC(=C(c2ccccc2)c2ccccc2)C(Cl)=C1. The topological polar surface area (TPSA) is 17.1 Å². The molecule has 0 fully saturated rings. The van der Waals surface area contributed by atoms with Gasteiger partial charge in [0, 0.05) is 11.6 Å². The first kappa shape index (κ1) is 13.6. The van der Waals surface area contributed by atoms with E-state index in [1.165, 1.54) is 6.08 Å². The van der Waals surface area contributed by atoms with Crippen molar-refractivity contribution in [1.29, 1.82) is 0 Å². The molecule has 2 aromatic rings. The molecule has 2 aromatic carbocycles. The first-order chi connectivity index (χ1) is 10.3. The van der Waals surface area contributed by atoms with E-state index in [-0.39, 0.29) is 5.78 Å². The molecule has 0 saturated carbocycles. The minimum absolute atomic E-state index is 0.0794. The van der Waals surface area contributed by atoms with Gasteiger partial charge in [0.05, 0.1) is 5.03 Å². The minimum atomic E-state index is -0.0794. The van der Waals surface area contributed by atoms with Gasteiger partial charge in [0.1, 0.15) is 0 Å². The van der Waals surface area contributed by atoms with E-state index >= 15 is 0 Å². The fraction of sp³-hybridized carbons (Fsp3) is 0. The highest BCUT2D eigenvalue weighted by atomic mass is 35.5. The van der Waals surface area contributed by atoms with Gasteiger partial charge in [-0.25, -0.2) is 0 Å². The number of halogens is 1. The maximum Gasteiger partial charge on any atom is 0.180 e. The van der Waals surface area contributed by atoms with Gasteiger partial charge < -0.3 is 0 Å². The minimum Gasteiger partial charge on any atom is -0.290 e. The lowest BCUT2D eigenvalue weighted by atomic mass is 9.91. The molecule has 0 radical (unpaired) electrons. The van der Waals surface area contributed by atoms with Crippen LogP contribution in [0.4, 0.5) is 0 Å². The van der Waals surface area contributed by atoms with Crippen molar-refractivity contribution in [3.63, 3.8) is 0 Å². The fourth-order valence-electron chi connectivity index (χ4n) is 2.39. The van der Waals surface area contributed by atoms with E-state index < -0.39 is 0 Å². The third kappa shape index (κ3) is 2.88. The Morgan fingerprint density at radius 1 is 0.762 bits per heavy atom. The maximum atomic E-state index is 11.4. The molecule has 1 aliphatic rings. The summed E-state index contributed by atoms with van der Waals surface area (Å²) in [5.74, 6) is -0.0794. The van der Waals surface area contributed by atoms with E-state index in [1.807, 2.05) is 60.7 Å². The Bertz CT molecular complexity index is 711. The van der Waals surface area contributed by atoms with Crippen molar-refractivity contribution < 1.29 is 4.79 Å². The number of rotatable bonds is 2. The molecule has 21 heavy (non-hydrogen) atoms. The average molecular weight is 293 g/mol. The van der Waals surface area contributed by atoms with Crippen LogP contribution in [0.5, 0.6) is 0 Å². The Labute approximate surface area is 128 Å². The molecular weight excluding hydrogens is 280 g/mol. The molecule has 0 bridgehead atoms. The van der Waals surface area contributed by atoms with Gasteiger partial charge in [0.15, 0.2) is 5.78 Å². The molecule has 0 unspecified atom stereocenters. The van der Waals surface area contributed by atoms with Crippen molar-refractivity contribution in [3.8, 4) is 0 Å². The molecule has 0 amide bonds. The lowest BCUT2D eigenvalue weighted by Crippen LogP contribution is -2.00. The zero-order valence-corrected chi connectivity index (χ0v) is 12.0. The van der Waals surface area contributed by atoms with Gasteiger partial charge in [0.2, 0.25) is 0 Å². The molecule has 3 rings (SSSR count). The molecule has 2 heteroatoms. The van der Waals surface area contributed by atoms with Crippen molar-refractivity contribution in [1.82, 2.24) is 0 Å². The molecule has 0 heterocycles. The first-order valence-electron chi connectivity index (χ1n) is 6.70. The molecule has 0 atom stereocenters. The summed E-state index contributed by atoms with van der Waals surface area (Å²) >= 11 is 6.30. The molecule has 0 aromatic heterocycles. The van der Waals surface area contributed by atoms with E-state index in [1.54, 1.807) is 12.2 Å². The van der Waals surface area contributed by atoms with Crippen molar-refractivity contribution in [2.45, 2.75) is 0 Å². The summed E-state index contributed by atoms with van der Waals surface area (Å²) in [4.78, 5) is 11.4. The Balaban J connectivity index is 2.26. The molecule has 0 N–H and O–H groups in total. The lowest BCUT2D eigenvalue weighted by Gasteiger charge is -2.15. The van der Waals surface area contributed by atoms with Crippen LogP contribution >= 0.6 is 11.6 Å². The van der Waals surface area contributed by atoms with Gasteiger partial charge in [-0.05, 0) is 28.9 Å². The van der Waals surface area contributed by atoms with Crippen LogP contribution in [-0.4, -0.2) is 5.78 Å². The average Bonchev–Trinajstić information content (AvgIpc) is 2.52. The lowest BCUT2D eigenvalue weighted by molar-refractivity contribution is -0.110. The standard InChI is InChI=1S/C19H13ClO/c20-18-13-16(21)11-12-17(18)19(14-7-3-1-4-8-14)15-9-5-2-6-10-15/h1-13H. The van der Waals surface area contributed by atoms with E-state index in [2.05, 4.69) is 0 Å². The summed E-state index contributed by atoms with van der Waals surface area (Å²) in [5.41, 5.74) is 4.04. The predicted molar refractivity (Wildman–Crippen MR) is 87.0 cm³/mol. The van der Waals surface area contributed by atoms with Gasteiger partial charge in [-0.1, -0.05) is 72.3 Å². The third-order valence-corrected chi connectivity index (χ3v) is 3.65. The van der Waals surface area contributed by atoms with Crippen molar-refractivity contribution in [2.75, 3.05) is 0 Å². The zero-order valence-electron chi connectivity index (χ0n) is 11.3. The van der Waals surface area contributed by atoms with Gasteiger partial charge in [-0.3, -0.25) is 4.79 Å². The number of carbonyl (C=O) groups is 1. The van der Waals surface area contributed by atoms with E-state index in [9.17, 15) is 4.79 Å². The number of allylic oxidation sites excluding steroid dienone is 5. The monoisotopic (exact) mass is 292 g/mol. The van der Waals surface area contributed by atoms with Crippen molar-refractivity contribution in [2.24, 2.45) is 0 Å².